The molecule has 1 saturated carbocycles. The third-order valence-electron chi connectivity index (χ3n) is 4.29. The Bertz CT molecular complexity index is 901. The van der Waals surface area contributed by atoms with E-state index in [1.807, 2.05) is 24.3 Å². The highest BCUT2D eigenvalue weighted by molar-refractivity contribution is 6.05. The number of H-pyrrole nitrogens is 1. The van der Waals surface area contributed by atoms with Gasteiger partial charge in [-0.3, -0.25) is 14.6 Å². The summed E-state index contributed by atoms with van der Waals surface area (Å²) in [5, 5.41) is 15.5. The number of nitrogens with one attached hydrogen (secondary N) is 1. The molecular weight excluding hydrogens is 316 g/mol. The average Bonchev–Trinajstić information content (AvgIpc) is 2.97. The van der Waals surface area contributed by atoms with Gasteiger partial charge in [0.1, 0.15) is 5.69 Å². The Morgan fingerprint density at radius 1 is 1.38 bits per heavy atom. The number of benzene rings is 1. The summed E-state index contributed by atoms with van der Waals surface area (Å²) in [5.74, 6) is -3.30. The van der Waals surface area contributed by atoms with Crippen LogP contribution < -0.4 is 0 Å². The van der Waals surface area contributed by atoms with Gasteiger partial charge in [0.2, 0.25) is 0 Å². The van der Waals surface area contributed by atoms with Crippen LogP contribution in [0.2, 0.25) is 0 Å². The minimum atomic E-state index is -2.57. The molecule has 0 spiro atoms. The number of halogens is 2. The second-order valence-electron chi connectivity index (χ2n) is 6.13. The second kappa shape index (κ2) is 5.47. The fraction of sp³-hybridized carbons (Fsp3) is 0.375. The molecule has 8 heteroatoms. The van der Waals surface area contributed by atoms with E-state index in [1.54, 1.807) is 6.20 Å². The molecule has 3 aromatic rings. The molecule has 1 aliphatic carbocycles. The van der Waals surface area contributed by atoms with E-state index in [-0.39, 0.29) is 25.2 Å². The number of nitrogens with zero attached hydrogens (tertiary/aromatic N) is 4. The fourth-order valence-corrected chi connectivity index (χ4v) is 2.77. The molecule has 124 valence electrons. The summed E-state index contributed by atoms with van der Waals surface area (Å²) < 4.78 is 27.2. The third-order valence-corrected chi connectivity index (χ3v) is 4.29. The first kappa shape index (κ1) is 14.9. The maximum atomic E-state index is 12.9. The molecule has 0 saturated heterocycles. The van der Waals surface area contributed by atoms with Gasteiger partial charge in [0.15, 0.2) is 5.78 Å². The monoisotopic (exact) mass is 331 g/mol. The highest BCUT2D eigenvalue weighted by atomic mass is 19.3. The largest absolute Gasteiger partial charge is 0.292 e. The molecule has 4 rings (SSSR count). The van der Waals surface area contributed by atoms with E-state index < -0.39 is 11.8 Å². The number of aromatic nitrogens is 5. The van der Waals surface area contributed by atoms with Crippen LogP contribution >= 0.6 is 0 Å². The molecule has 0 amide bonds. The number of para-hydroxylation sites is 1. The Hall–Kier alpha value is -2.64. The molecular formula is C16H15F2N5O. The van der Waals surface area contributed by atoms with Crippen molar-refractivity contribution >= 4 is 16.7 Å². The SMILES string of the molecule is O=C(CCc1cn(CC2CC2(F)F)nn1)c1n[nH]c2ccccc12. The molecule has 1 fully saturated rings. The highest BCUT2D eigenvalue weighted by Gasteiger charge is 2.56. The number of alkyl halides is 2. The molecule has 0 aliphatic heterocycles. The Labute approximate surface area is 135 Å². The van der Waals surface area contributed by atoms with Gasteiger partial charge in [-0.05, 0) is 6.07 Å². The van der Waals surface area contributed by atoms with E-state index in [0.717, 1.165) is 10.9 Å². The summed E-state index contributed by atoms with van der Waals surface area (Å²) in [6.45, 7) is 0.165. The third kappa shape index (κ3) is 2.79. The molecule has 1 atom stereocenters. The van der Waals surface area contributed by atoms with Crippen LogP contribution in [-0.4, -0.2) is 36.9 Å². The second-order valence-corrected chi connectivity index (χ2v) is 6.13. The first-order valence-corrected chi connectivity index (χ1v) is 7.76. The van der Waals surface area contributed by atoms with Crippen LogP contribution in [0, 0.1) is 5.92 Å². The summed E-state index contributed by atoms with van der Waals surface area (Å²) in [6.07, 6.45) is 2.19. The fourth-order valence-electron chi connectivity index (χ4n) is 2.77. The Balaban J connectivity index is 1.38. The maximum Gasteiger partial charge on any atom is 0.253 e. The zero-order valence-electron chi connectivity index (χ0n) is 12.7. The van der Waals surface area contributed by atoms with Crippen LogP contribution in [-0.2, 0) is 13.0 Å². The van der Waals surface area contributed by atoms with Crippen LogP contribution in [0.4, 0.5) is 8.78 Å². The lowest BCUT2D eigenvalue weighted by Crippen LogP contribution is -2.05. The van der Waals surface area contributed by atoms with Crippen molar-refractivity contribution in [2.45, 2.75) is 31.7 Å². The predicted molar refractivity (Wildman–Crippen MR) is 81.8 cm³/mol. The first-order valence-electron chi connectivity index (χ1n) is 7.76. The smallest absolute Gasteiger partial charge is 0.253 e. The molecule has 1 aromatic carbocycles. The average molecular weight is 331 g/mol. The maximum absolute atomic E-state index is 12.9. The number of Topliss-reactive ketones (excluding diaryl/α,β-unsaturated/α-hetero) is 1. The number of fused-ring (bicyclic) bond motifs is 1. The lowest BCUT2D eigenvalue weighted by Gasteiger charge is -1.98. The van der Waals surface area contributed by atoms with Crippen molar-refractivity contribution < 1.29 is 13.6 Å². The van der Waals surface area contributed by atoms with Gasteiger partial charge in [0.05, 0.1) is 17.8 Å². The molecule has 0 bridgehead atoms. The van der Waals surface area contributed by atoms with Crippen molar-refractivity contribution in [2.75, 3.05) is 0 Å². The molecule has 1 unspecified atom stereocenters. The number of aryl methyl sites for hydroxylation is 1. The van der Waals surface area contributed by atoms with Crippen LogP contribution in [0.1, 0.15) is 29.0 Å². The lowest BCUT2D eigenvalue weighted by atomic mass is 10.1. The number of carbonyl (C=O) groups excluding carboxylic acids is 1. The van der Waals surface area contributed by atoms with Gasteiger partial charge in [0.25, 0.3) is 5.92 Å². The van der Waals surface area contributed by atoms with E-state index in [4.69, 9.17) is 0 Å². The number of ketones is 1. The van der Waals surface area contributed by atoms with Gasteiger partial charge in [0, 0.05) is 36.8 Å². The van der Waals surface area contributed by atoms with Crippen molar-refractivity contribution in [2.24, 2.45) is 5.92 Å². The van der Waals surface area contributed by atoms with Crippen LogP contribution in [0.25, 0.3) is 10.9 Å². The van der Waals surface area contributed by atoms with Gasteiger partial charge in [-0.25, -0.2) is 8.78 Å². The first-order chi connectivity index (χ1) is 11.5. The van der Waals surface area contributed by atoms with E-state index in [2.05, 4.69) is 20.5 Å². The number of hydrogen-bond donors (Lipinski definition) is 1. The summed E-state index contributed by atoms with van der Waals surface area (Å²) in [7, 11) is 0. The molecule has 2 aromatic heterocycles. The molecule has 6 nitrogen and oxygen atoms in total. The minimum Gasteiger partial charge on any atom is -0.292 e. The van der Waals surface area contributed by atoms with Crippen molar-refractivity contribution in [3.05, 3.63) is 41.9 Å². The minimum absolute atomic E-state index is 0.0873. The zero-order chi connectivity index (χ0) is 16.7. The van der Waals surface area contributed by atoms with Crippen molar-refractivity contribution in [3.63, 3.8) is 0 Å². The predicted octanol–water partition coefficient (Wildman–Crippen LogP) is 2.63. The molecule has 2 heterocycles. The normalized spacial score (nSPS) is 18.8. The summed E-state index contributed by atoms with van der Waals surface area (Å²) in [4.78, 5) is 12.3. The van der Waals surface area contributed by atoms with Gasteiger partial charge in [-0.15, -0.1) is 5.10 Å². The van der Waals surface area contributed by atoms with E-state index >= 15 is 0 Å². The van der Waals surface area contributed by atoms with Gasteiger partial charge in [-0.2, -0.15) is 5.10 Å². The number of rotatable bonds is 6. The van der Waals surface area contributed by atoms with E-state index in [1.165, 1.54) is 4.68 Å². The summed E-state index contributed by atoms with van der Waals surface area (Å²) in [5.41, 5.74) is 1.85. The van der Waals surface area contributed by atoms with E-state index in [0.29, 0.717) is 17.8 Å². The van der Waals surface area contributed by atoms with Gasteiger partial charge in [-0.1, -0.05) is 23.4 Å². The van der Waals surface area contributed by atoms with Crippen LogP contribution in [0.5, 0.6) is 0 Å². The Morgan fingerprint density at radius 2 is 2.17 bits per heavy atom. The van der Waals surface area contributed by atoms with Crippen molar-refractivity contribution in [3.8, 4) is 0 Å². The standard InChI is InChI=1S/C16H15F2N5O/c17-16(18)7-10(16)8-23-9-11(19-22-23)5-6-14(24)15-12-3-1-2-4-13(12)20-21-15/h1-4,9-10H,5-8H2,(H,20,21). The lowest BCUT2D eigenvalue weighted by molar-refractivity contribution is 0.0940. The molecule has 1 aliphatic rings. The zero-order valence-corrected chi connectivity index (χ0v) is 12.7. The number of aromatic amines is 1. The topological polar surface area (TPSA) is 76.5 Å². The number of carbonyl (C=O) groups is 1. The van der Waals surface area contributed by atoms with Crippen LogP contribution in [0.15, 0.2) is 30.5 Å². The quantitative estimate of drug-likeness (QED) is 0.705. The summed E-state index contributed by atoms with van der Waals surface area (Å²) in [6, 6.07) is 7.43. The summed E-state index contributed by atoms with van der Waals surface area (Å²) >= 11 is 0. The molecule has 1 N–H and O–H groups in total. The Kier molecular flexibility index (Phi) is 3.40. The Morgan fingerprint density at radius 3 is 2.96 bits per heavy atom. The molecule has 24 heavy (non-hydrogen) atoms. The number of hydrogen-bond acceptors (Lipinski definition) is 4. The van der Waals surface area contributed by atoms with Crippen molar-refractivity contribution in [1.29, 1.82) is 0 Å². The van der Waals surface area contributed by atoms with Gasteiger partial charge >= 0.3 is 0 Å². The van der Waals surface area contributed by atoms with E-state index in [9.17, 15) is 13.6 Å². The molecule has 0 radical (unpaired) electrons. The van der Waals surface area contributed by atoms with Crippen molar-refractivity contribution in [1.82, 2.24) is 25.2 Å². The highest BCUT2D eigenvalue weighted by Crippen LogP contribution is 2.49. The van der Waals surface area contributed by atoms with Gasteiger partial charge < -0.3 is 0 Å². The van der Waals surface area contributed by atoms with Crippen LogP contribution in [0.3, 0.4) is 0 Å².